The van der Waals surface area contributed by atoms with Gasteiger partial charge in [-0.2, -0.15) is 0 Å². The lowest BCUT2D eigenvalue weighted by atomic mass is 10.0. The molecule has 6 nitrogen and oxygen atoms in total. The van der Waals surface area contributed by atoms with Crippen LogP contribution >= 0.6 is 0 Å². The average molecular weight is 1070 g/mol. The van der Waals surface area contributed by atoms with Crippen molar-refractivity contribution in [3.05, 3.63) is 24.3 Å². The van der Waals surface area contributed by atoms with Gasteiger partial charge in [0.15, 0.2) is 6.10 Å². The van der Waals surface area contributed by atoms with E-state index in [1.165, 1.54) is 283 Å². The molecule has 6 heteroatoms. The first kappa shape index (κ1) is 73.9. The van der Waals surface area contributed by atoms with Gasteiger partial charge in [-0.25, -0.2) is 0 Å². The summed E-state index contributed by atoms with van der Waals surface area (Å²) in [4.78, 5) is 38.3. The van der Waals surface area contributed by atoms with Gasteiger partial charge in [0, 0.05) is 19.3 Å². The zero-order valence-corrected chi connectivity index (χ0v) is 51.6. The van der Waals surface area contributed by atoms with Crippen LogP contribution in [-0.2, 0) is 28.6 Å². The molecule has 0 aromatic rings. The summed E-state index contributed by atoms with van der Waals surface area (Å²) in [6.07, 6.45) is 79.2. The molecule has 0 aliphatic heterocycles. The van der Waals surface area contributed by atoms with Gasteiger partial charge in [-0.3, -0.25) is 14.4 Å². The highest BCUT2D eigenvalue weighted by molar-refractivity contribution is 5.71. The van der Waals surface area contributed by atoms with E-state index in [0.717, 1.165) is 64.2 Å². The van der Waals surface area contributed by atoms with Crippen LogP contribution in [0.2, 0.25) is 0 Å². The van der Waals surface area contributed by atoms with Crippen LogP contribution in [0.4, 0.5) is 0 Å². The highest BCUT2D eigenvalue weighted by Crippen LogP contribution is 2.18. The molecule has 448 valence electrons. The summed E-state index contributed by atoms with van der Waals surface area (Å²) in [6.45, 7) is 6.68. The molecule has 0 amide bonds. The Balaban J connectivity index is 4.17. The van der Waals surface area contributed by atoms with Crippen LogP contribution < -0.4 is 0 Å². The van der Waals surface area contributed by atoms with Crippen molar-refractivity contribution in [3.8, 4) is 0 Å². The third-order valence-corrected chi connectivity index (χ3v) is 15.7. The van der Waals surface area contributed by atoms with E-state index in [4.69, 9.17) is 14.2 Å². The number of esters is 3. The summed E-state index contributed by atoms with van der Waals surface area (Å²) in [5, 5.41) is 0. The molecule has 0 rings (SSSR count). The fourth-order valence-corrected chi connectivity index (χ4v) is 10.5. The average Bonchev–Trinajstić information content (AvgIpc) is 3.42. The number of hydrogen-bond donors (Lipinski definition) is 0. The molecule has 0 saturated carbocycles. The minimum Gasteiger partial charge on any atom is -0.462 e. The van der Waals surface area contributed by atoms with Crippen molar-refractivity contribution in [2.24, 2.45) is 0 Å². The Morgan fingerprint density at radius 1 is 0.250 bits per heavy atom. The number of rotatable bonds is 64. The molecule has 1 unspecified atom stereocenters. The zero-order valence-electron chi connectivity index (χ0n) is 51.6. The van der Waals surface area contributed by atoms with E-state index in [2.05, 4.69) is 45.1 Å². The molecule has 0 N–H and O–H groups in total. The van der Waals surface area contributed by atoms with Gasteiger partial charge in [0.2, 0.25) is 0 Å². The van der Waals surface area contributed by atoms with Crippen LogP contribution in [-0.4, -0.2) is 37.2 Å². The second-order valence-electron chi connectivity index (χ2n) is 23.4. The molecule has 0 bridgehead atoms. The molecule has 0 heterocycles. The highest BCUT2D eigenvalue weighted by atomic mass is 16.6. The van der Waals surface area contributed by atoms with Crippen LogP contribution in [0, 0.1) is 0 Å². The lowest BCUT2D eigenvalue weighted by molar-refractivity contribution is -0.167. The fraction of sp³-hybridized carbons (Fsp3) is 0.900. The zero-order chi connectivity index (χ0) is 55.0. The molecule has 0 aromatic carbocycles. The standard InChI is InChI=1S/C70H132O6/c1-4-7-10-13-16-19-22-25-27-29-31-32-33-34-35-36-37-38-40-41-43-45-48-51-54-57-60-63-69(72)75-66-67(65-74-68(71)62-59-56-53-50-47-24-21-18-15-12-9-6-3)76-70(73)64-61-58-55-52-49-46-44-42-39-30-28-26-23-20-17-14-11-8-5-2/h18,21,26,28,67H,4-17,19-20,22-25,27,29-66H2,1-3H3/b21-18-,28-26-. The lowest BCUT2D eigenvalue weighted by Gasteiger charge is -2.18. The van der Waals surface area contributed by atoms with Crippen LogP contribution in [0.15, 0.2) is 24.3 Å². The number of hydrogen-bond acceptors (Lipinski definition) is 6. The van der Waals surface area contributed by atoms with E-state index in [1.807, 2.05) is 0 Å². The number of ether oxygens (including phenoxy) is 3. The van der Waals surface area contributed by atoms with Crippen LogP contribution in [0.5, 0.6) is 0 Å². The Morgan fingerprint density at radius 2 is 0.434 bits per heavy atom. The summed E-state index contributed by atoms with van der Waals surface area (Å²) < 4.78 is 16.9. The lowest BCUT2D eigenvalue weighted by Crippen LogP contribution is -2.30. The van der Waals surface area contributed by atoms with Crippen molar-refractivity contribution in [1.82, 2.24) is 0 Å². The van der Waals surface area contributed by atoms with Gasteiger partial charge in [-0.05, 0) is 70.6 Å². The highest BCUT2D eigenvalue weighted by Gasteiger charge is 2.19. The minimum atomic E-state index is -0.773. The van der Waals surface area contributed by atoms with E-state index in [9.17, 15) is 14.4 Å². The van der Waals surface area contributed by atoms with Gasteiger partial charge < -0.3 is 14.2 Å². The maximum Gasteiger partial charge on any atom is 0.306 e. The van der Waals surface area contributed by atoms with Crippen LogP contribution in [0.25, 0.3) is 0 Å². The van der Waals surface area contributed by atoms with Crippen molar-refractivity contribution < 1.29 is 28.6 Å². The first-order chi connectivity index (χ1) is 37.5. The Hall–Kier alpha value is -2.11. The molecule has 0 radical (unpaired) electrons. The summed E-state index contributed by atoms with van der Waals surface area (Å²) in [5.41, 5.74) is 0. The minimum absolute atomic E-state index is 0.0696. The monoisotopic (exact) mass is 1070 g/mol. The molecule has 0 aliphatic carbocycles. The molecule has 0 aromatic heterocycles. The normalized spacial score (nSPS) is 12.1. The van der Waals surface area contributed by atoms with Gasteiger partial charge in [-0.15, -0.1) is 0 Å². The number of carbonyl (C=O) groups is 3. The second-order valence-corrected chi connectivity index (χ2v) is 23.4. The smallest absolute Gasteiger partial charge is 0.306 e. The molecular weight excluding hydrogens is 937 g/mol. The summed E-state index contributed by atoms with van der Waals surface area (Å²) in [5.74, 6) is -0.854. The number of allylic oxidation sites excluding steroid dienone is 4. The first-order valence-electron chi connectivity index (χ1n) is 34.3. The Labute approximate surface area is 474 Å². The largest absolute Gasteiger partial charge is 0.462 e. The van der Waals surface area contributed by atoms with Crippen molar-refractivity contribution in [2.45, 2.75) is 393 Å². The van der Waals surface area contributed by atoms with Crippen molar-refractivity contribution in [3.63, 3.8) is 0 Å². The van der Waals surface area contributed by atoms with E-state index < -0.39 is 6.10 Å². The van der Waals surface area contributed by atoms with Crippen LogP contribution in [0.1, 0.15) is 387 Å². The SMILES string of the molecule is CCCCC/C=C\CCCCCCCC(=O)OCC(COC(=O)CCCCCCCCCCCCCCCCCCCCCCCCCCCCC)OC(=O)CCCCCCCCCCC/C=C\CCCCCCCC. The maximum atomic E-state index is 12.9. The van der Waals surface area contributed by atoms with Crippen molar-refractivity contribution in [2.75, 3.05) is 13.2 Å². The van der Waals surface area contributed by atoms with Crippen molar-refractivity contribution in [1.29, 1.82) is 0 Å². The molecule has 1 atom stereocenters. The Morgan fingerprint density at radius 3 is 0.684 bits per heavy atom. The Bertz CT molecular complexity index is 1230. The van der Waals surface area contributed by atoms with Crippen LogP contribution in [0.3, 0.4) is 0 Å². The molecular formula is C70H132O6. The van der Waals surface area contributed by atoms with Gasteiger partial charge >= 0.3 is 17.9 Å². The van der Waals surface area contributed by atoms with Gasteiger partial charge in [0.1, 0.15) is 13.2 Å². The molecule has 0 saturated heterocycles. The predicted molar refractivity (Wildman–Crippen MR) is 330 cm³/mol. The van der Waals surface area contributed by atoms with Gasteiger partial charge in [0.05, 0.1) is 0 Å². The molecule has 76 heavy (non-hydrogen) atoms. The first-order valence-corrected chi connectivity index (χ1v) is 34.3. The van der Waals surface area contributed by atoms with Gasteiger partial charge in [0.25, 0.3) is 0 Å². The van der Waals surface area contributed by atoms with E-state index in [1.54, 1.807) is 0 Å². The van der Waals surface area contributed by atoms with E-state index in [-0.39, 0.29) is 31.1 Å². The molecule has 0 spiro atoms. The summed E-state index contributed by atoms with van der Waals surface area (Å²) in [6, 6.07) is 0. The summed E-state index contributed by atoms with van der Waals surface area (Å²) in [7, 11) is 0. The second kappa shape index (κ2) is 65.4. The van der Waals surface area contributed by atoms with Gasteiger partial charge in [-0.1, -0.05) is 321 Å². The Kier molecular flexibility index (Phi) is 63.6. The maximum absolute atomic E-state index is 12.9. The molecule has 0 aliphatic rings. The fourth-order valence-electron chi connectivity index (χ4n) is 10.5. The van der Waals surface area contributed by atoms with E-state index in [0.29, 0.717) is 19.3 Å². The predicted octanol–water partition coefficient (Wildman–Crippen LogP) is 23.4. The number of unbranched alkanes of at least 4 members (excludes halogenated alkanes) is 49. The third kappa shape index (κ3) is 62.7. The number of carbonyl (C=O) groups excluding carboxylic acids is 3. The van der Waals surface area contributed by atoms with Crippen molar-refractivity contribution >= 4 is 17.9 Å². The van der Waals surface area contributed by atoms with E-state index >= 15 is 0 Å². The third-order valence-electron chi connectivity index (χ3n) is 15.7. The quantitative estimate of drug-likeness (QED) is 0.0261. The topological polar surface area (TPSA) is 78.9 Å². The molecule has 0 fully saturated rings. The summed E-state index contributed by atoms with van der Waals surface area (Å²) >= 11 is 0.